The van der Waals surface area contributed by atoms with E-state index in [1.807, 2.05) is 24.3 Å². The van der Waals surface area contributed by atoms with Crippen LogP contribution in [0.15, 0.2) is 176 Å². The first-order valence-electron chi connectivity index (χ1n) is 14.9. The third-order valence-electron chi connectivity index (χ3n) is 8.21. The highest BCUT2D eigenvalue weighted by molar-refractivity contribution is 5.88. The van der Waals surface area contributed by atoms with Crippen molar-refractivity contribution in [3.8, 4) is 56.0 Å². The van der Waals surface area contributed by atoms with E-state index in [-0.39, 0.29) is 0 Å². The Kier molecular flexibility index (Phi) is 6.51. The minimum atomic E-state index is 0.853. The molecule has 7 aromatic carbocycles. The highest BCUT2D eigenvalue weighted by atomic mass is 16.5. The van der Waals surface area contributed by atoms with Crippen LogP contribution in [0, 0.1) is 0 Å². The highest BCUT2D eigenvalue weighted by Crippen LogP contribution is 2.50. The standard InChI is InChI=1S/C42H29NO/c1-3-13-30(14-4-1)35-26-36(31-15-5-2-6-16-31)28-37(27-35)33-18-11-17-32(25-33)34-19-12-20-38(29-34)43-39-21-7-9-23-41(39)44-42-24-10-8-22-40(42)43/h1-29H. The molecule has 0 atom stereocenters. The van der Waals surface area contributed by atoms with Crippen molar-refractivity contribution in [1.29, 1.82) is 0 Å². The smallest absolute Gasteiger partial charge is 0.151 e. The summed E-state index contributed by atoms with van der Waals surface area (Å²) in [4.78, 5) is 2.29. The van der Waals surface area contributed by atoms with Crippen molar-refractivity contribution in [2.75, 3.05) is 4.90 Å². The Bertz CT molecular complexity index is 2000. The second-order valence-corrected chi connectivity index (χ2v) is 11.0. The van der Waals surface area contributed by atoms with E-state index in [9.17, 15) is 0 Å². The van der Waals surface area contributed by atoms with Crippen LogP contribution in [0.4, 0.5) is 17.1 Å². The van der Waals surface area contributed by atoms with Crippen molar-refractivity contribution < 1.29 is 4.74 Å². The fourth-order valence-electron chi connectivity index (χ4n) is 6.07. The molecule has 0 amide bonds. The van der Waals surface area contributed by atoms with Crippen LogP contribution in [0.25, 0.3) is 44.5 Å². The Balaban J connectivity index is 1.22. The molecule has 0 spiro atoms. The van der Waals surface area contributed by atoms with Crippen LogP contribution in [0.2, 0.25) is 0 Å². The lowest BCUT2D eigenvalue weighted by molar-refractivity contribution is 0.477. The molecule has 0 saturated heterocycles. The van der Waals surface area contributed by atoms with Crippen LogP contribution >= 0.6 is 0 Å². The molecule has 2 nitrogen and oxygen atoms in total. The molecule has 0 aromatic heterocycles. The van der Waals surface area contributed by atoms with E-state index in [4.69, 9.17) is 4.74 Å². The zero-order valence-electron chi connectivity index (χ0n) is 24.1. The van der Waals surface area contributed by atoms with Gasteiger partial charge >= 0.3 is 0 Å². The summed E-state index contributed by atoms with van der Waals surface area (Å²) in [7, 11) is 0. The molecule has 1 aliphatic rings. The van der Waals surface area contributed by atoms with Gasteiger partial charge in [0.1, 0.15) is 0 Å². The van der Waals surface area contributed by atoms with Crippen LogP contribution in [-0.2, 0) is 0 Å². The molecular formula is C42H29NO. The summed E-state index contributed by atoms with van der Waals surface area (Å²) in [5.41, 5.74) is 12.7. The molecule has 0 radical (unpaired) electrons. The third kappa shape index (κ3) is 4.83. The second kappa shape index (κ2) is 11.1. The zero-order chi connectivity index (χ0) is 29.3. The molecule has 8 rings (SSSR count). The Morgan fingerprint density at radius 2 is 0.682 bits per heavy atom. The summed E-state index contributed by atoms with van der Waals surface area (Å²) < 4.78 is 6.25. The second-order valence-electron chi connectivity index (χ2n) is 11.0. The third-order valence-corrected chi connectivity index (χ3v) is 8.21. The van der Waals surface area contributed by atoms with E-state index in [1.165, 1.54) is 38.9 Å². The Morgan fingerprint density at radius 3 is 1.25 bits per heavy atom. The van der Waals surface area contributed by atoms with E-state index in [2.05, 4.69) is 157 Å². The van der Waals surface area contributed by atoms with E-state index < -0.39 is 0 Å². The van der Waals surface area contributed by atoms with Gasteiger partial charge in [0, 0.05) is 5.69 Å². The fraction of sp³-hybridized carbons (Fsp3) is 0. The number of nitrogens with zero attached hydrogens (tertiary/aromatic N) is 1. The van der Waals surface area contributed by atoms with Gasteiger partial charge in [0.05, 0.1) is 11.4 Å². The van der Waals surface area contributed by atoms with Crippen LogP contribution < -0.4 is 9.64 Å². The molecule has 44 heavy (non-hydrogen) atoms. The maximum absolute atomic E-state index is 6.25. The molecule has 0 aliphatic carbocycles. The summed E-state index contributed by atoms with van der Waals surface area (Å²) in [6.07, 6.45) is 0. The topological polar surface area (TPSA) is 12.5 Å². The lowest BCUT2D eigenvalue weighted by Crippen LogP contribution is -2.15. The maximum Gasteiger partial charge on any atom is 0.151 e. The Hall–Kier alpha value is -5.86. The number of hydrogen-bond donors (Lipinski definition) is 0. The van der Waals surface area contributed by atoms with Crippen LogP contribution in [0.1, 0.15) is 0 Å². The molecule has 0 saturated carbocycles. The zero-order valence-corrected chi connectivity index (χ0v) is 24.1. The molecule has 0 bridgehead atoms. The van der Waals surface area contributed by atoms with Crippen molar-refractivity contribution in [3.05, 3.63) is 176 Å². The lowest BCUT2D eigenvalue weighted by atomic mass is 9.92. The van der Waals surface area contributed by atoms with Crippen LogP contribution in [0.3, 0.4) is 0 Å². The van der Waals surface area contributed by atoms with Crippen molar-refractivity contribution in [1.82, 2.24) is 0 Å². The first-order valence-corrected chi connectivity index (χ1v) is 14.9. The quantitative estimate of drug-likeness (QED) is 0.206. The van der Waals surface area contributed by atoms with Gasteiger partial charge in [-0.05, 0) is 105 Å². The Morgan fingerprint density at radius 1 is 0.295 bits per heavy atom. The van der Waals surface area contributed by atoms with Gasteiger partial charge in [-0.15, -0.1) is 0 Å². The minimum absolute atomic E-state index is 0.853. The van der Waals surface area contributed by atoms with E-state index in [0.29, 0.717) is 0 Å². The molecule has 2 heteroatoms. The molecule has 1 aliphatic heterocycles. The van der Waals surface area contributed by atoms with E-state index >= 15 is 0 Å². The number of hydrogen-bond acceptors (Lipinski definition) is 2. The predicted molar refractivity (Wildman–Crippen MR) is 183 cm³/mol. The van der Waals surface area contributed by atoms with Gasteiger partial charge in [-0.2, -0.15) is 0 Å². The molecule has 7 aromatic rings. The maximum atomic E-state index is 6.25. The van der Waals surface area contributed by atoms with Gasteiger partial charge in [0.25, 0.3) is 0 Å². The molecule has 0 fully saturated rings. The average molecular weight is 564 g/mol. The first kappa shape index (κ1) is 25.8. The molecule has 0 N–H and O–H groups in total. The van der Waals surface area contributed by atoms with E-state index in [1.54, 1.807) is 0 Å². The number of anilines is 3. The van der Waals surface area contributed by atoms with Crippen molar-refractivity contribution in [2.24, 2.45) is 0 Å². The molecule has 208 valence electrons. The summed E-state index contributed by atoms with van der Waals surface area (Å²) >= 11 is 0. The van der Waals surface area contributed by atoms with Gasteiger partial charge in [-0.1, -0.05) is 115 Å². The summed E-state index contributed by atoms with van der Waals surface area (Å²) in [5, 5.41) is 0. The molecular weight excluding hydrogens is 534 g/mol. The number of ether oxygens (including phenoxy) is 1. The van der Waals surface area contributed by atoms with Gasteiger partial charge in [0.15, 0.2) is 11.5 Å². The number of para-hydroxylation sites is 4. The SMILES string of the molecule is c1ccc(-c2cc(-c3ccccc3)cc(-c3cccc(-c4cccc(N5c6ccccc6Oc6ccccc65)c4)c3)c2)cc1. The summed E-state index contributed by atoms with van der Waals surface area (Å²) in [6.45, 7) is 0. The number of fused-ring (bicyclic) bond motifs is 2. The number of rotatable bonds is 5. The molecule has 0 unspecified atom stereocenters. The monoisotopic (exact) mass is 563 g/mol. The van der Waals surface area contributed by atoms with Gasteiger partial charge in [0.2, 0.25) is 0 Å². The first-order chi connectivity index (χ1) is 21.8. The van der Waals surface area contributed by atoms with Crippen LogP contribution in [0.5, 0.6) is 11.5 Å². The highest BCUT2D eigenvalue weighted by Gasteiger charge is 2.25. The lowest BCUT2D eigenvalue weighted by Gasteiger charge is -2.33. The largest absolute Gasteiger partial charge is 0.453 e. The van der Waals surface area contributed by atoms with Gasteiger partial charge in [-0.25, -0.2) is 0 Å². The minimum Gasteiger partial charge on any atom is -0.453 e. The van der Waals surface area contributed by atoms with Gasteiger partial charge in [-0.3, -0.25) is 0 Å². The van der Waals surface area contributed by atoms with Crippen molar-refractivity contribution >= 4 is 17.1 Å². The number of benzene rings is 7. The van der Waals surface area contributed by atoms with E-state index in [0.717, 1.165) is 34.1 Å². The summed E-state index contributed by atoms with van der Waals surface area (Å²) in [5.74, 6) is 1.71. The fourth-order valence-corrected chi connectivity index (χ4v) is 6.07. The van der Waals surface area contributed by atoms with Crippen molar-refractivity contribution in [3.63, 3.8) is 0 Å². The van der Waals surface area contributed by atoms with Crippen LogP contribution in [-0.4, -0.2) is 0 Å². The van der Waals surface area contributed by atoms with Crippen molar-refractivity contribution in [2.45, 2.75) is 0 Å². The summed E-state index contributed by atoms with van der Waals surface area (Å²) in [6, 6.07) is 62.2. The Labute approximate surface area is 258 Å². The van der Waals surface area contributed by atoms with Gasteiger partial charge < -0.3 is 9.64 Å². The molecule has 1 heterocycles. The normalized spacial score (nSPS) is 11.8. The average Bonchev–Trinajstić information content (AvgIpc) is 3.11. The predicted octanol–water partition coefficient (Wildman–Crippen LogP) is 11.9.